The zero-order valence-electron chi connectivity index (χ0n) is 13.4. The van der Waals surface area contributed by atoms with Crippen LogP contribution in [0.25, 0.3) is 0 Å². The zero-order chi connectivity index (χ0) is 16.8. The molecule has 0 radical (unpaired) electrons. The Hall–Kier alpha value is -2.54. The Morgan fingerprint density at radius 1 is 1.13 bits per heavy atom. The van der Waals surface area contributed by atoms with Gasteiger partial charge in [0.25, 0.3) is 5.91 Å². The van der Waals surface area contributed by atoms with Crippen LogP contribution in [0.4, 0.5) is 0 Å². The van der Waals surface area contributed by atoms with Gasteiger partial charge < -0.3 is 14.2 Å². The summed E-state index contributed by atoms with van der Waals surface area (Å²) in [6.07, 6.45) is 0. The van der Waals surface area contributed by atoms with E-state index in [4.69, 9.17) is 14.2 Å². The second-order valence-electron chi connectivity index (χ2n) is 4.53. The molecule has 0 saturated carbocycles. The molecular weight excluding hydrogens is 316 g/mol. The molecule has 1 aromatic carbocycles. The Morgan fingerprint density at radius 2 is 1.78 bits per heavy atom. The van der Waals surface area contributed by atoms with Crippen molar-refractivity contribution in [2.24, 2.45) is 5.10 Å². The molecule has 2 rings (SSSR count). The topological polar surface area (TPSA) is 69.2 Å². The largest absolute Gasteiger partial charge is 0.493 e. The van der Waals surface area contributed by atoms with Gasteiger partial charge in [0, 0.05) is 5.56 Å². The van der Waals surface area contributed by atoms with Crippen LogP contribution in [-0.4, -0.2) is 32.9 Å². The van der Waals surface area contributed by atoms with Gasteiger partial charge in [-0.15, -0.1) is 11.3 Å². The lowest BCUT2D eigenvalue weighted by molar-refractivity contribution is 0.0959. The molecule has 1 amide bonds. The Bertz CT molecular complexity index is 686. The average molecular weight is 334 g/mol. The first-order valence-corrected chi connectivity index (χ1v) is 7.67. The standard InChI is InChI=1S/C16H18N2O4S/c1-10(17-18-16(19)14-6-5-7-23-14)11-8-12(20-2)15(22-4)13(9-11)21-3/h5-9H,1-4H3,(H,18,19). The lowest BCUT2D eigenvalue weighted by atomic mass is 10.1. The zero-order valence-corrected chi connectivity index (χ0v) is 14.2. The van der Waals surface area contributed by atoms with E-state index in [1.165, 1.54) is 11.3 Å². The third kappa shape index (κ3) is 3.81. The van der Waals surface area contributed by atoms with Gasteiger partial charge in [-0.1, -0.05) is 6.07 Å². The summed E-state index contributed by atoms with van der Waals surface area (Å²) in [4.78, 5) is 12.5. The van der Waals surface area contributed by atoms with Crippen LogP contribution in [0.15, 0.2) is 34.7 Å². The summed E-state index contributed by atoms with van der Waals surface area (Å²) in [6, 6.07) is 7.11. The van der Waals surface area contributed by atoms with Crippen LogP contribution in [0, 0.1) is 0 Å². The first kappa shape index (κ1) is 16.8. The van der Waals surface area contributed by atoms with E-state index in [1.54, 1.807) is 46.5 Å². The maximum atomic E-state index is 11.9. The van der Waals surface area contributed by atoms with Gasteiger partial charge in [0.1, 0.15) is 0 Å². The second-order valence-corrected chi connectivity index (χ2v) is 5.48. The molecule has 0 atom stereocenters. The molecule has 1 N–H and O–H groups in total. The van der Waals surface area contributed by atoms with Crippen LogP contribution in [0.1, 0.15) is 22.2 Å². The smallest absolute Gasteiger partial charge is 0.281 e. The SMILES string of the molecule is COc1cc(C(C)=NNC(=O)c2cccs2)cc(OC)c1OC. The predicted octanol–water partition coefficient (Wildman–Crippen LogP) is 2.93. The van der Waals surface area contributed by atoms with Crippen molar-refractivity contribution >= 4 is 23.0 Å². The molecule has 0 aliphatic heterocycles. The number of nitrogens with one attached hydrogen (secondary N) is 1. The van der Waals surface area contributed by atoms with E-state index in [1.807, 2.05) is 11.4 Å². The van der Waals surface area contributed by atoms with Gasteiger partial charge in [-0.05, 0) is 30.5 Å². The van der Waals surface area contributed by atoms with Crippen molar-refractivity contribution in [1.82, 2.24) is 5.43 Å². The molecule has 0 unspecified atom stereocenters. The summed E-state index contributed by atoms with van der Waals surface area (Å²) in [5, 5.41) is 5.97. The number of thiophene rings is 1. The van der Waals surface area contributed by atoms with Crippen molar-refractivity contribution in [2.45, 2.75) is 6.92 Å². The molecule has 1 heterocycles. The van der Waals surface area contributed by atoms with Crippen molar-refractivity contribution in [3.8, 4) is 17.2 Å². The Balaban J connectivity index is 2.26. The summed E-state index contributed by atoms with van der Waals surface area (Å²) < 4.78 is 15.9. The minimum absolute atomic E-state index is 0.244. The molecule has 0 spiro atoms. The predicted molar refractivity (Wildman–Crippen MR) is 90.1 cm³/mol. The van der Waals surface area contributed by atoms with Crippen molar-refractivity contribution in [2.75, 3.05) is 21.3 Å². The molecule has 0 bridgehead atoms. The van der Waals surface area contributed by atoms with Crippen LogP contribution in [-0.2, 0) is 0 Å². The highest BCUT2D eigenvalue weighted by molar-refractivity contribution is 7.12. The summed E-state index contributed by atoms with van der Waals surface area (Å²) in [6.45, 7) is 1.79. The van der Waals surface area contributed by atoms with Gasteiger partial charge in [-0.2, -0.15) is 5.10 Å². The third-order valence-electron chi connectivity index (χ3n) is 3.15. The second kappa shape index (κ2) is 7.64. The Kier molecular flexibility index (Phi) is 5.59. The van der Waals surface area contributed by atoms with Crippen molar-refractivity contribution < 1.29 is 19.0 Å². The molecule has 1 aromatic heterocycles. The monoisotopic (exact) mass is 334 g/mol. The number of amides is 1. The van der Waals surface area contributed by atoms with E-state index in [2.05, 4.69) is 10.5 Å². The van der Waals surface area contributed by atoms with E-state index in [-0.39, 0.29) is 5.91 Å². The fraction of sp³-hybridized carbons (Fsp3) is 0.250. The number of hydrazone groups is 1. The van der Waals surface area contributed by atoms with Crippen molar-refractivity contribution in [1.29, 1.82) is 0 Å². The number of hydrogen-bond donors (Lipinski definition) is 1. The Labute approximate surface area is 138 Å². The number of ether oxygens (including phenoxy) is 3. The lowest BCUT2D eigenvalue weighted by Gasteiger charge is -2.14. The number of hydrogen-bond acceptors (Lipinski definition) is 6. The molecule has 0 aliphatic carbocycles. The molecule has 2 aromatic rings. The Morgan fingerprint density at radius 3 is 2.26 bits per heavy atom. The first-order valence-electron chi connectivity index (χ1n) is 6.79. The highest BCUT2D eigenvalue weighted by Gasteiger charge is 2.14. The van der Waals surface area contributed by atoms with E-state index in [0.717, 1.165) is 5.56 Å². The van der Waals surface area contributed by atoms with Crippen LogP contribution >= 0.6 is 11.3 Å². The molecule has 0 aliphatic rings. The highest BCUT2D eigenvalue weighted by atomic mass is 32.1. The molecule has 23 heavy (non-hydrogen) atoms. The first-order chi connectivity index (χ1) is 11.1. The van der Waals surface area contributed by atoms with Crippen LogP contribution in [0.5, 0.6) is 17.2 Å². The minimum atomic E-state index is -0.244. The number of benzene rings is 1. The summed E-state index contributed by atoms with van der Waals surface area (Å²) in [5.74, 6) is 1.32. The van der Waals surface area contributed by atoms with Gasteiger partial charge in [-0.25, -0.2) is 5.43 Å². The van der Waals surface area contributed by atoms with Crippen molar-refractivity contribution in [3.05, 3.63) is 40.1 Å². The van der Waals surface area contributed by atoms with Gasteiger partial charge in [-0.3, -0.25) is 4.79 Å². The van der Waals surface area contributed by atoms with E-state index in [0.29, 0.717) is 27.8 Å². The summed E-state index contributed by atoms with van der Waals surface area (Å²) in [7, 11) is 4.64. The van der Waals surface area contributed by atoms with Gasteiger partial charge in [0.2, 0.25) is 5.75 Å². The quantitative estimate of drug-likeness (QED) is 0.651. The average Bonchev–Trinajstić information content (AvgIpc) is 3.12. The molecule has 0 saturated heterocycles. The van der Waals surface area contributed by atoms with E-state index in [9.17, 15) is 4.79 Å². The van der Waals surface area contributed by atoms with Gasteiger partial charge in [0.05, 0.1) is 31.9 Å². The molecule has 7 heteroatoms. The molecular formula is C16H18N2O4S. The van der Waals surface area contributed by atoms with Gasteiger partial charge >= 0.3 is 0 Å². The number of carbonyl (C=O) groups excluding carboxylic acids is 1. The van der Waals surface area contributed by atoms with Gasteiger partial charge in [0.15, 0.2) is 11.5 Å². The number of carbonyl (C=O) groups is 1. The van der Waals surface area contributed by atoms with Crippen LogP contribution < -0.4 is 19.6 Å². The normalized spacial score (nSPS) is 11.0. The fourth-order valence-electron chi connectivity index (χ4n) is 1.95. The minimum Gasteiger partial charge on any atom is -0.493 e. The summed E-state index contributed by atoms with van der Waals surface area (Å²) in [5.41, 5.74) is 3.91. The molecule has 6 nitrogen and oxygen atoms in total. The maximum Gasteiger partial charge on any atom is 0.281 e. The van der Waals surface area contributed by atoms with Crippen LogP contribution in [0.2, 0.25) is 0 Å². The number of nitrogens with zero attached hydrogens (tertiary/aromatic N) is 1. The van der Waals surface area contributed by atoms with Crippen molar-refractivity contribution in [3.63, 3.8) is 0 Å². The number of rotatable bonds is 6. The number of methoxy groups -OCH3 is 3. The van der Waals surface area contributed by atoms with E-state index < -0.39 is 0 Å². The maximum absolute atomic E-state index is 11.9. The van der Waals surface area contributed by atoms with E-state index >= 15 is 0 Å². The van der Waals surface area contributed by atoms with Crippen LogP contribution in [0.3, 0.4) is 0 Å². The third-order valence-corrected chi connectivity index (χ3v) is 4.02. The molecule has 122 valence electrons. The fourth-order valence-corrected chi connectivity index (χ4v) is 2.57. The summed E-state index contributed by atoms with van der Waals surface area (Å²) >= 11 is 1.36. The highest BCUT2D eigenvalue weighted by Crippen LogP contribution is 2.38. The molecule has 0 fully saturated rings. The lowest BCUT2D eigenvalue weighted by Crippen LogP contribution is -2.18.